The van der Waals surface area contributed by atoms with Crippen LogP contribution in [0, 0.1) is 5.92 Å². The molecular weight excluding hydrogens is 542 g/mol. The van der Waals surface area contributed by atoms with E-state index in [1.165, 1.54) is 6.26 Å². The van der Waals surface area contributed by atoms with Gasteiger partial charge in [-0.2, -0.15) is 0 Å². The third kappa shape index (κ3) is 5.69. The Kier molecular flexibility index (Phi) is 7.60. The number of pyridine rings is 1. The van der Waals surface area contributed by atoms with Crippen LogP contribution in [0.2, 0.25) is 0 Å². The minimum absolute atomic E-state index is 0.159. The first-order valence-electron chi connectivity index (χ1n) is 14.4. The lowest BCUT2D eigenvalue weighted by atomic mass is 9.81. The molecule has 2 unspecified atom stereocenters. The second-order valence-electron chi connectivity index (χ2n) is 11.5. The lowest BCUT2D eigenvalue weighted by molar-refractivity contribution is 0.0528. The zero-order valence-corrected chi connectivity index (χ0v) is 24.7. The number of ether oxygens (including phenoxy) is 1. The van der Waals surface area contributed by atoms with Crippen molar-refractivity contribution in [3.05, 3.63) is 132 Å². The molecule has 0 aliphatic heterocycles. The number of fused-ring (bicyclic) bond motifs is 1. The summed E-state index contributed by atoms with van der Waals surface area (Å²) in [5.41, 5.74) is 5.32. The molecule has 6 rings (SSSR count). The SMILES string of the molecule is CC(Cc1cc(-c2cccc(COc3ccccc3C(O)(c3ccccc3)C3CC3)c2)c2ncccc2c1)S(C)(=O)=O. The molecule has 5 nitrogen and oxygen atoms in total. The molecule has 0 bridgehead atoms. The summed E-state index contributed by atoms with van der Waals surface area (Å²) in [7, 11) is -3.16. The van der Waals surface area contributed by atoms with Gasteiger partial charge in [0.1, 0.15) is 27.8 Å². The van der Waals surface area contributed by atoms with Gasteiger partial charge in [-0.05, 0) is 84.7 Å². The number of aliphatic hydroxyl groups is 1. The molecule has 1 saturated carbocycles. The summed E-state index contributed by atoms with van der Waals surface area (Å²) in [5.74, 6) is 0.830. The van der Waals surface area contributed by atoms with E-state index in [0.29, 0.717) is 18.8 Å². The molecule has 5 aromatic rings. The molecule has 0 saturated heterocycles. The van der Waals surface area contributed by atoms with Crippen LogP contribution in [0.4, 0.5) is 0 Å². The quantitative estimate of drug-likeness (QED) is 0.192. The highest BCUT2D eigenvalue weighted by molar-refractivity contribution is 7.91. The van der Waals surface area contributed by atoms with Gasteiger partial charge < -0.3 is 9.84 Å². The van der Waals surface area contributed by atoms with Crippen molar-refractivity contribution in [3.8, 4) is 16.9 Å². The maximum atomic E-state index is 12.2. The highest BCUT2D eigenvalue weighted by Gasteiger charge is 2.47. The molecule has 1 aliphatic rings. The zero-order valence-electron chi connectivity index (χ0n) is 23.9. The van der Waals surface area contributed by atoms with Crippen molar-refractivity contribution < 1.29 is 18.3 Å². The monoisotopic (exact) mass is 577 g/mol. The van der Waals surface area contributed by atoms with Crippen LogP contribution in [-0.2, 0) is 28.5 Å². The van der Waals surface area contributed by atoms with E-state index in [1.807, 2.05) is 91.0 Å². The van der Waals surface area contributed by atoms with Crippen molar-refractivity contribution >= 4 is 20.7 Å². The van der Waals surface area contributed by atoms with Crippen LogP contribution in [0.5, 0.6) is 5.75 Å². The van der Waals surface area contributed by atoms with Gasteiger partial charge in [-0.25, -0.2) is 8.42 Å². The zero-order chi connectivity index (χ0) is 29.3. The number of aromatic nitrogens is 1. The number of hydrogen-bond acceptors (Lipinski definition) is 5. The summed E-state index contributed by atoms with van der Waals surface area (Å²) < 4.78 is 30.7. The first-order valence-corrected chi connectivity index (χ1v) is 16.3. The Balaban J connectivity index is 1.31. The third-order valence-electron chi connectivity index (χ3n) is 8.33. The van der Waals surface area contributed by atoms with Crippen LogP contribution < -0.4 is 4.74 Å². The van der Waals surface area contributed by atoms with Gasteiger partial charge >= 0.3 is 0 Å². The van der Waals surface area contributed by atoms with Gasteiger partial charge in [0.25, 0.3) is 0 Å². The van der Waals surface area contributed by atoms with Crippen LogP contribution >= 0.6 is 0 Å². The highest BCUT2D eigenvalue weighted by Crippen LogP contribution is 2.51. The molecule has 0 amide bonds. The molecule has 214 valence electrons. The smallest absolute Gasteiger partial charge is 0.150 e. The lowest BCUT2D eigenvalue weighted by Gasteiger charge is -2.31. The van der Waals surface area contributed by atoms with Crippen LogP contribution in [0.15, 0.2) is 109 Å². The minimum atomic E-state index is -3.16. The fourth-order valence-corrected chi connectivity index (χ4v) is 6.27. The maximum Gasteiger partial charge on any atom is 0.150 e. The van der Waals surface area contributed by atoms with Crippen molar-refractivity contribution in [1.29, 1.82) is 0 Å². The van der Waals surface area contributed by atoms with Crippen molar-refractivity contribution in [3.63, 3.8) is 0 Å². The van der Waals surface area contributed by atoms with Gasteiger partial charge in [-0.15, -0.1) is 0 Å². The molecule has 0 spiro atoms. The molecule has 0 radical (unpaired) electrons. The fourth-order valence-electron chi connectivity index (χ4n) is 5.78. The molecule has 1 aliphatic carbocycles. The Morgan fingerprint density at radius 2 is 1.67 bits per heavy atom. The summed E-state index contributed by atoms with van der Waals surface area (Å²) in [6.45, 7) is 2.08. The fraction of sp³-hybridized carbons (Fsp3) is 0.250. The molecule has 1 aromatic heterocycles. The van der Waals surface area contributed by atoms with E-state index in [1.54, 1.807) is 13.1 Å². The van der Waals surface area contributed by atoms with Gasteiger partial charge in [-0.3, -0.25) is 4.98 Å². The van der Waals surface area contributed by atoms with Crippen molar-refractivity contribution in [2.75, 3.05) is 6.26 Å². The highest BCUT2D eigenvalue weighted by atomic mass is 32.2. The van der Waals surface area contributed by atoms with Crippen LogP contribution in [0.3, 0.4) is 0 Å². The maximum absolute atomic E-state index is 12.2. The Labute approximate surface area is 247 Å². The van der Waals surface area contributed by atoms with E-state index >= 15 is 0 Å². The van der Waals surface area contributed by atoms with E-state index in [9.17, 15) is 13.5 Å². The van der Waals surface area contributed by atoms with Crippen LogP contribution in [-0.4, -0.2) is 30.0 Å². The number of hydrogen-bond donors (Lipinski definition) is 1. The largest absolute Gasteiger partial charge is 0.488 e. The molecular formula is C36H35NO4S. The number of sulfone groups is 1. The molecule has 42 heavy (non-hydrogen) atoms. The van der Waals surface area contributed by atoms with E-state index in [-0.39, 0.29) is 5.92 Å². The Morgan fingerprint density at radius 3 is 2.43 bits per heavy atom. The lowest BCUT2D eigenvalue weighted by Crippen LogP contribution is -2.30. The first-order chi connectivity index (χ1) is 20.2. The van der Waals surface area contributed by atoms with Gasteiger partial charge in [0.15, 0.2) is 0 Å². The number of para-hydroxylation sites is 1. The molecule has 6 heteroatoms. The number of benzene rings is 4. The van der Waals surface area contributed by atoms with Gasteiger partial charge in [0.05, 0.1) is 10.8 Å². The summed E-state index contributed by atoms with van der Waals surface area (Å²) in [5, 5.41) is 12.6. The third-order valence-corrected chi connectivity index (χ3v) is 9.96. The molecule has 2 atom stereocenters. The summed E-state index contributed by atoms with van der Waals surface area (Å²) in [6.07, 6.45) is 5.45. The molecule has 1 fully saturated rings. The van der Waals surface area contributed by atoms with Gasteiger partial charge in [0.2, 0.25) is 0 Å². The average Bonchev–Trinajstić information content (AvgIpc) is 3.86. The van der Waals surface area contributed by atoms with E-state index in [0.717, 1.165) is 57.1 Å². The second kappa shape index (κ2) is 11.3. The van der Waals surface area contributed by atoms with Crippen molar-refractivity contribution in [1.82, 2.24) is 4.98 Å². The van der Waals surface area contributed by atoms with Crippen LogP contribution in [0.25, 0.3) is 22.0 Å². The first kappa shape index (κ1) is 28.1. The summed E-state index contributed by atoms with van der Waals surface area (Å²) >= 11 is 0. The van der Waals surface area contributed by atoms with Gasteiger partial charge in [-0.1, -0.05) is 72.8 Å². The summed E-state index contributed by atoms with van der Waals surface area (Å²) in [4.78, 5) is 4.66. The number of rotatable bonds is 10. The second-order valence-corrected chi connectivity index (χ2v) is 13.9. The average molecular weight is 578 g/mol. The minimum Gasteiger partial charge on any atom is -0.488 e. The molecule has 1 N–H and O–H groups in total. The Hall–Kier alpha value is -4.00. The van der Waals surface area contributed by atoms with E-state index in [2.05, 4.69) is 17.1 Å². The predicted molar refractivity (Wildman–Crippen MR) is 168 cm³/mol. The van der Waals surface area contributed by atoms with Crippen LogP contribution in [0.1, 0.15) is 42.0 Å². The molecule has 1 heterocycles. The standard InChI is InChI=1S/C36H35NO4S/c1-25(42(2,39)40)20-27-22-29-12-9-19-37-35(29)32(23-27)28-11-8-10-26(21-28)24-41-34-16-7-6-15-33(34)36(38,31-17-18-31)30-13-4-3-5-14-30/h3-16,19,21-23,25,31,38H,17-18,20,24H2,1-2H3. The van der Waals surface area contributed by atoms with Gasteiger partial charge in [0, 0.05) is 29.0 Å². The van der Waals surface area contributed by atoms with E-state index in [4.69, 9.17) is 4.74 Å². The van der Waals surface area contributed by atoms with E-state index < -0.39 is 20.7 Å². The number of nitrogens with zero attached hydrogens (tertiary/aromatic N) is 1. The Morgan fingerprint density at radius 1 is 0.905 bits per heavy atom. The van der Waals surface area contributed by atoms with Crippen molar-refractivity contribution in [2.45, 2.75) is 43.6 Å². The Bertz CT molecular complexity index is 1830. The summed E-state index contributed by atoms with van der Waals surface area (Å²) in [6, 6.07) is 33.8. The predicted octanol–water partition coefficient (Wildman–Crippen LogP) is 7.10. The normalized spacial score (nSPS) is 15.7. The topological polar surface area (TPSA) is 76.5 Å². The molecule has 4 aromatic carbocycles. The van der Waals surface area contributed by atoms with Crippen molar-refractivity contribution in [2.24, 2.45) is 5.92 Å².